The van der Waals surface area contributed by atoms with Gasteiger partial charge < -0.3 is 26.4 Å². The number of amides is 2. The van der Waals surface area contributed by atoms with Gasteiger partial charge in [0, 0.05) is 31.6 Å². The lowest BCUT2D eigenvalue weighted by atomic mass is 9.97. The van der Waals surface area contributed by atoms with E-state index in [9.17, 15) is 9.59 Å². The quantitative estimate of drug-likeness (QED) is 0.427. The number of hydrogen-bond acceptors (Lipinski definition) is 5. The Hall–Kier alpha value is -2.61. The average molecular weight is 359 g/mol. The van der Waals surface area contributed by atoms with E-state index < -0.39 is 0 Å². The van der Waals surface area contributed by atoms with E-state index in [4.69, 9.17) is 21.6 Å². The number of likely N-dealkylation sites (tertiary alicyclic amines) is 1. The highest BCUT2D eigenvalue weighted by Gasteiger charge is 2.36. The van der Waals surface area contributed by atoms with Crippen molar-refractivity contribution in [2.75, 3.05) is 19.6 Å². The monoisotopic (exact) mass is 359 g/mol. The van der Waals surface area contributed by atoms with Crippen LogP contribution in [0.4, 0.5) is 0 Å². The zero-order valence-corrected chi connectivity index (χ0v) is 14.6. The maximum atomic E-state index is 12.7. The Bertz CT molecular complexity index is 708. The van der Waals surface area contributed by atoms with Crippen molar-refractivity contribution in [2.45, 2.75) is 31.4 Å². The van der Waals surface area contributed by atoms with E-state index in [1.54, 1.807) is 23.1 Å². The molecule has 8 nitrogen and oxygen atoms in total. The van der Waals surface area contributed by atoms with E-state index in [1.807, 2.05) is 6.07 Å². The Labute approximate surface area is 152 Å². The summed E-state index contributed by atoms with van der Waals surface area (Å²) in [6, 6.07) is 6.75. The SMILES string of the molecule is N=C(N)c1cccc(O[C@H]2CN[C@H](C(=O)N3CCCC(C(N)=O)C3)C2)c1. The van der Waals surface area contributed by atoms with Crippen molar-refractivity contribution in [2.24, 2.45) is 17.4 Å². The highest BCUT2D eigenvalue weighted by Crippen LogP contribution is 2.22. The fourth-order valence-electron chi connectivity index (χ4n) is 3.54. The first kappa shape index (κ1) is 18.2. The van der Waals surface area contributed by atoms with Crippen LogP contribution in [0, 0.1) is 11.3 Å². The zero-order chi connectivity index (χ0) is 18.7. The molecule has 1 unspecified atom stereocenters. The summed E-state index contributed by atoms with van der Waals surface area (Å²) in [6.45, 7) is 1.62. The zero-order valence-electron chi connectivity index (χ0n) is 14.6. The van der Waals surface area contributed by atoms with Gasteiger partial charge in [0.25, 0.3) is 0 Å². The third kappa shape index (κ3) is 4.13. The first-order valence-electron chi connectivity index (χ1n) is 8.86. The largest absolute Gasteiger partial charge is 0.489 e. The molecule has 2 aliphatic heterocycles. The molecule has 1 aromatic carbocycles. The number of ether oxygens (including phenoxy) is 1. The van der Waals surface area contributed by atoms with Crippen LogP contribution in [-0.2, 0) is 9.59 Å². The van der Waals surface area contributed by atoms with Gasteiger partial charge in [0.15, 0.2) is 0 Å². The van der Waals surface area contributed by atoms with Gasteiger partial charge in [0.05, 0.1) is 12.0 Å². The van der Waals surface area contributed by atoms with Gasteiger partial charge in [0.2, 0.25) is 11.8 Å². The van der Waals surface area contributed by atoms with Crippen LogP contribution in [0.5, 0.6) is 5.75 Å². The molecule has 3 rings (SSSR count). The fourth-order valence-corrected chi connectivity index (χ4v) is 3.54. The van der Waals surface area contributed by atoms with Gasteiger partial charge in [-0.05, 0) is 25.0 Å². The molecule has 2 heterocycles. The number of hydrogen-bond donors (Lipinski definition) is 4. The van der Waals surface area contributed by atoms with Crippen LogP contribution >= 0.6 is 0 Å². The van der Waals surface area contributed by atoms with Gasteiger partial charge in [0.1, 0.15) is 17.7 Å². The summed E-state index contributed by atoms with van der Waals surface area (Å²) < 4.78 is 5.93. The Balaban J connectivity index is 1.56. The Morgan fingerprint density at radius 2 is 2.12 bits per heavy atom. The molecule has 0 aliphatic carbocycles. The second kappa shape index (κ2) is 7.74. The van der Waals surface area contributed by atoms with Crippen molar-refractivity contribution in [3.05, 3.63) is 29.8 Å². The molecule has 3 atom stereocenters. The van der Waals surface area contributed by atoms with E-state index in [0.717, 1.165) is 12.8 Å². The van der Waals surface area contributed by atoms with Crippen molar-refractivity contribution < 1.29 is 14.3 Å². The molecular weight excluding hydrogens is 334 g/mol. The maximum absolute atomic E-state index is 12.7. The minimum absolute atomic E-state index is 0.000429. The number of amidine groups is 1. The lowest BCUT2D eigenvalue weighted by Gasteiger charge is -2.33. The Morgan fingerprint density at radius 1 is 1.31 bits per heavy atom. The molecule has 2 saturated heterocycles. The summed E-state index contributed by atoms with van der Waals surface area (Å²) >= 11 is 0. The molecule has 0 aromatic heterocycles. The minimum atomic E-state index is -0.339. The highest BCUT2D eigenvalue weighted by atomic mass is 16.5. The van der Waals surface area contributed by atoms with E-state index in [2.05, 4.69) is 5.32 Å². The molecule has 6 N–H and O–H groups in total. The second-order valence-electron chi connectivity index (χ2n) is 6.90. The predicted octanol–water partition coefficient (Wildman–Crippen LogP) is -0.196. The van der Waals surface area contributed by atoms with Crippen LogP contribution in [0.2, 0.25) is 0 Å². The first-order valence-corrected chi connectivity index (χ1v) is 8.86. The number of rotatable bonds is 5. The lowest BCUT2D eigenvalue weighted by molar-refractivity contribution is -0.136. The summed E-state index contributed by atoms with van der Waals surface area (Å²) in [4.78, 5) is 25.9. The third-order valence-corrected chi connectivity index (χ3v) is 4.97. The van der Waals surface area contributed by atoms with Crippen LogP contribution in [-0.4, -0.2) is 54.3 Å². The summed E-state index contributed by atoms with van der Waals surface area (Å²) in [5, 5.41) is 10.7. The van der Waals surface area contributed by atoms with E-state index in [-0.39, 0.29) is 35.7 Å². The summed E-state index contributed by atoms with van der Waals surface area (Å²) in [5.41, 5.74) is 11.5. The maximum Gasteiger partial charge on any atom is 0.239 e. The number of carbonyl (C=O) groups is 2. The average Bonchev–Trinajstić information content (AvgIpc) is 3.09. The van der Waals surface area contributed by atoms with Crippen molar-refractivity contribution in [3.8, 4) is 5.75 Å². The van der Waals surface area contributed by atoms with Crippen LogP contribution in [0.15, 0.2) is 24.3 Å². The number of piperidine rings is 1. The topological polar surface area (TPSA) is 135 Å². The lowest BCUT2D eigenvalue weighted by Crippen LogP contribution is -2.49. The standard InChI is InChI=1S/C18H25N5O3/c19-16(20)11-3-1-5-13(7-11)26-14-8-15(22-9-14)18(25)23-6-2-4-12(10-23)17(21)24/h1,3,5,7,12,14-15,22H,2,4,6,8-10H2,(H3,19,20)(H2,21,24)/t12?,14-,15+/m1/s1. The number of carbonyl (C=O) groups excluding carboxylic acids is 2. The fraction of sp³-hybridized carbons (Fsp3) is 0.500. The highest BCUT2D eigenvalue weighted by molar-refractivity contribution is 5.95. The number of benzene rings is 1. The normalized spacial score (nSPS) is 25.7. The van der Waals surface area contributed by atoms with Gasteiger partial charge >= 0.3 is 0 Å². The molecule has 26 heavy (non-hydrogen) atoms. The molecule has 0 spiro atoms. The number of nitrogens with zero attached hydrogens (tertiary/aromatic N) is 1. The number of primary amides is 1. The van der Waals surface area contributed by atoms with Crippen molar-refractivity contribution in [1.29, 1.82) is 5.41 Å². The van der Waals surface area contributed by atoms with Gasteiger partial charge in [-0.2, -0.15) is 0 Å². The molecule has 8 heteroatoms. The Morgan fingerprint density at radius 3 is 2.85 bits per heavy atom. The summed E-state index contributed by atoms with van der Waals surface area (Å²) in [5.74, 6) is 0.0231. The molecule has 0 saturated carbocycles. The van der Waals surface area contributed by atoms with Crippen LogP contribution in [0.3, 0.4) is 0 Å². The third-order valence-electron chi connectivity index (χ3n) is 4.97. The van der Waals surface area contributed by atoms with E-state index >= 15 is 0 Å². The predicted molar refractivity (Wildman–Crippen MR) is 96.8 cm³/mol. The number of nitrogens with two attached hydrogens (primary N) is 2. The van der Waals surface area contributed by atoms with Crippen molar-refractivity contribution in [1.82, 2.24) is 10.2 Å². The van der Waals surface area contributed by atoms with Crippen LogP contribution in [0.25, 0.3) is 0 Å². The van der Waals surface area contributed by atoms with Gasteiger partial charge in [-0.15, -0.1) is 0 Å². The smallest absolute Gasteiger partial charge is 0.239 e. The van der Waals surface area contributed by atoms with E-state index in [1.165, 1.54) is 0 Å². The molecule has 2 aliphatic rings. The molecule has 2 fully saturated rings. The van der Waals surface area contributed by atoms with Crippen molar-refractivity contribution >= 4 is 17.6 Å². The molecule has 140 valence electrons. The van der Waals surface area contributed by atoms with Crippen molar-refractivity contribution in [3.63, 3.8) is 0 Å². The Kier molecular flexibility index (Phi) is 5.41. The second-order valence-corrected chi connectivity index (χ2v) is 6.90. The minimum Gasteiger partial charge on any atom is -0.489 e. The van der Waals surface area contributed by atoms with Gasteiger partial charge in [-0.3, -0.25) is 15.0 Å². The molecule has 0 bridgehead atoms. The molecule has 0 radical (unpaired) electrons. The summed E-state index contributed by atoms with van der Waals surface area (Å²) in [6.07, 6.45) is 1.96. The number of nitrogen functional groups attached to an aromatic ring is 1. The van der Waals surface area contributed by atoms with Gasteiger partial charge in [-0.25, -0.2) is 0 Å². The van der Waals surface area contributed by atoms with E-state index in [0.29, 0.717) is 37.4 Å². The number of nitrogens with one attached hydrogen (secondary N) is 2. The molecule has 1 aromatic rings. The molecular formula is C18H25N5O3. The van der Waals surface area contributed by atoms with Crippen LogP contribution in [0.1, 0.15) is 24.8 Å². The summed E-state index contributed by atoms with van der Waals surface area (Å²) in [7, 11) is 0. The van der Waals surface area contributed by atoms with Crippen LogP contribution < -0.4 is 21.5 Å². The van der Waals surface area contributed by atoms with Gasteiger partial charge in [-0.1, -0.05) is 12.1 Å². The first-order chi connectivity index (χ1) is 12.4. The molecule has 2 amide bonds.